The topological polar surface area (TPSA) is 0 Å². The monoisotopic (exact) mass is 294 g/mol. The average Bonchev–Trinajstić information content (AvgIpc) is 2.95. The predicted octanol–water partition coefficient (Wildman–Crippen LogP) is 4.85. The van der Waals surface area contributed by atoms with Gasteiger partial charge in [-0.2, -0.15) is 0 Å². The lowest BCUT2D eigenvalue weighted by Gasteiger charge is -2.11. The maximum Gasteiger partial charge on any atom is 0.160 e. The molecule has 0 saturated heterocycles. The van der Waals surface area contributed by atoms with Gasteiger partial charge in [-0.05, 0) is 30.0 Å². The van der Waals surface area contributed by atoms with Crippen molar-refractivity contribution >= 4 is 27.5 Å². The second-order valence-electron chi connectivity index (χ2n) is 3.93. The van der Waals surface area contributed by atoms with Crippen molar-refractivity contribution in [2.45, 2.75) is 24.1 Å². The summed E-state index contributed by atoms with van der Waals surface area (Å²) < 4.78 is 25.8. The zero-order chi connectivity index (χ0) is 11.0. The molecule has 1 saturated carbocycles. The summed E-state index contributed by atoms with van der Waals surface area (Å²) in [7, 11) is 0. The first-order valence-corrected chi connectivity index (χ1v) is 6.16. The van der Waals surface area contributed by atoms with E-state index in [1.807, 2.05) is 0 Å². The van der Waals surface area contributed by atoms with Crippen molar-refractivity contribution in [1.29, 1.82) is 0 Å². The molecule has 0 aromatic heterocycles. The number of hydrogen-bond acceptors (Lipinski definition) is 0. The maximum absolute atomic E-state index is 13.0. The van der Waals surface area contributed by atoms with Crippen LogP contribution in [0.15, 0.2) is 12.1 Å². The number of benzene rings is 1. The summed E-state index contributed by atoms with van der Waals surface area (Å²) in [6.07, 6.45) is 3.39. The minimum Gasteiger partial charge on any atom is -0.204 e. The normalized spacial score (nSPS) is 17.9. The second kappa shape index (κ2) is 4.38. The second-order valence-corrected chi connectivity index (χ2v) is 5.45. The Hall–Kier alpha value is -0.150. The Labute approximate surface area is 101 Å². The van der Waals surface area contributed by atoms with Gasteiger partial charge in [-0.1, -0.05) is 40.4 Å². The molecule has 0 aliphatic heterocycles. The van der Waals surface area contributed by atoms with Crippen molar-refractivity contribution in [3.8, 4) is 0 Å². The zero-order valence-corrected chi connectivity index (χ0v) is 10.3. The molecule has 0 nitrogen and oxygen atoms in total. The first-order chi connectivity index (χ1) is 7.08. The van der Waals surface area contributed by atoms with Gasteiger partial charge in [0.25, 0.3) is 0 Å². The molecule has 82 valence electrons. The van der Waals surface area contributed by atoms with Crippen LogP contribution in [0.5, 0.6) is 0 Å². The van der Waals surface area contributed by atoms with Crippen molar-refractivity contribution in [3.05, 3.63) is 34.4 Å². The summed E-state index contributed by atoms with van der Waals surface area (Å²) in [5, 5.41) is 0.288. The van der Waals surface area contributed by atoms with Crippen molar-refractivity contribution in [2.75, 3.05) is 0 Å². The first-order valence-electron chi connectivity index (χ1n) is 4.86. The van der Waals surface area contributed by atoms with Gasteiger partial charge >= 0.3 is 0 Å². The first kappa shape index (κ1) is 11.3. The van der Waals surface area contributed by atoms with Gasteiger partial charge in [0.2, 0.25) is 0 Å². The van der Waals surface area contributed by atoms with E-state index in [1.165, 1.54) is 18.9 Å². The average molecular weight is 296 g/mol. The quantitative estimate of drug-likeness (QED) is 0.552. The van der Waals surface area contributed by atoms with E-state index in [1.54, 1.807) is 0 Å². The highest BCUT2D eigenvalue weighted by molar-refractivity contribution is 9.09. The molecule has 1 fully saturated rings. The van der Waals surface area contributed by atoms with Gasteiger partial charge in [-0.15, -0.1) is 0 Å². The Kier molecular flexibility index (Phi) is 3.31. The summed E-state index contributed by atoms with van der Waals surface area (Å²) in [6, 6.07) is 2.22. The van der Waals surface area contributed by atoms with Gasteiger partial charge in [0, 0.05) is 9.85 Å². The third-order valence-electron chi connectivity index (χ3n) is 2.61. The molecule has 0 spiro atoms. The van der Waals surface area contributed by atoms with E-state index in [4.69, 9.17) is 11.6 Å². The SMILES string of the molecule is Fc1cc(Cl)c(C(Br)CC2CC2)cc1F. The molecule has 1 aromatic carbocycles. The van der Waals surface area contributed by atoms with Gasteiger partial charge in [-0.25, -0.2) is 8.78 Å². The fourth-order valence-corrected chi connectivity index (χ4v) is 2.87. The summed E-state index contributed by atoms with van der Waals surface area (Å²) >= 11 is 9.33. The molecule has 4 heteroatoms. The van der Waals surface area contributed by atoms with E-state index in [2.05, 4.69) is 15.9 Å². The molecule has 1 aliphatic carbocycles. The van der Waals surface area contributed by atoms with Crippen molar-refractivity contribution in [2.24, 2.45) is 5.92 Å². The molecule has 1 unspecified atom stereocenters. The highest BCUT2D eigenvalue weighted by atomic mass is 79.9. The molecule has 2 rings (SSSR count). The molecule has 1 atom stereocenters. The minimum atomic E-state index is -0.894. The highest BCUT2D eigenvalue weighted by Crippen LogP contribution is 2.43. The van der Waals surface area contributed by atoms with Crippen LogP contribution in [0.3, 0.4) is 0 Å². The van der Waals surface area contributed by atoms with Gasteiger partial charge in [0.1, 0.15) is 0 Å². The molecule has 0 N–H and O–H groups in total. The van der Waals surface area contributed by atoms with Crippen LogP contribution < -0.4 is 0 Å². The van der Waals surface area contributed by atoms with E-state index in [0.717, 1.165) is 12.5 Å². The van der Waals surface area contributed by atoms with Gasteiger partial charge < -0.3 is 0 Å². The number of alkyl halides is 1. The van der Waals surface area contributed by atoms with Crippen LogP contribution in [0.4, 0.5) is 8.78 Å². The van der Waals surface area contributed by atoms with Crippen molar-refractivity contribution in [1.82, 2.24) is 0 Å². The van der Waals surface area contributed by atoms with Crippen LogP contribution in [0.1, 0.15) is 29.7 Å². The lowest BCUT2D eigenvalue weighted by molar-refractivity contribution is 0.506. The molecule has 0 heterocycles. The van der Waals surface area contributed by atoms with E-state index in [-0.39, 0.29) is 9.85 Å². The molecule has 1 aliphatic rings. The Morgan fingerprint density at radius 3 is 2.53 bits per heavy atom. The number of rotatable bonds is 3. The minimum absolute atomic E-state index is 0.0209. The van der Waals surface area contributed by atoms with E-state index >= 15 is 0 Å². The third-order valence-corrected chi connectivity index (χ3v) is 3.81. The Morgan fingerprint density at radius 2 is 1.93 bits per heavy atom. The fourth-order valence-electron chi connectivity index (χ4n) is 1.55. The Balaban J connectivity index is 2.21. The smallest absolute Gasteiger partial charge is 0.160 e. The molecule has 0 amide bonds. The molecular formula is C11H10BrClF2. The van der Waals surface area contributed by atoms with Crippen molar-refractivity contribution < 1.29 is 8.78 Å². The summed E-state index contributed by atoms with van der Waals surface area (Å²) in [4.78, 5) is 0.0209. The van der Waals surface area contributed by atoms with Crippen LogP contribution in [0.2, 0.25) is 5.02 Å². The zero-order valence-electron chi connectivity index (χ0n) is 7.94. The van der Waals surface area contributed by atoms with Crippen LogP contribution in [0, 0.1) is 17.6 Å². The summed E-state index contributed by atoms with van der Waals surface area (Å²) in [5.74, 6) is -1.02. The van der Waals surface area contributed by atoms with Crippen LogP contribution in [0.25, 0.3) is 0 Å². The van der Waals surface area contributed by atoms with Gasteiger partial charge in [0.15, 0.2) is 11.6 Å². The van der Waals surface area contributed by atoms with E-state index < -0.39 is 11.6 Å². The Morgan fingerprint density at radius 1 is 1.33 bits per heavy atom. The molecule has 15 heavy (non-hydrogen) atoms. The standard InChI is InChI=1S/C11H10BrClF2/c12-8(3-6-1-2-6)7-4-10(14)11(15)5-9(7)13/h4-6,8H,1-3H2. The summed E-state index contributed by atoms with van der Waals surface area (Å²) in [5.41, 5.74) is 0.641. The van der Waals surface area contributed by atoms with Crippen LogP contribution >= 0.6 is 27.5 Å². The molecule has 1 aromatic rings. The largest absolute Gasteiger partial charge is 0.204 e. The Bertz CT molecular complexity index is 377. The maximum atomic E-state index is 13.0. The number of halogens is 4. The molecule has 0 bridgehead atoms. The fraction of sp³-hybridized carbons (Fsp3) is 0.455. The van der Waals surface area contributed by atoms with E-state index in [0.29, 0.717) is 11.5 Å². The van der Waals surface area contributed by atoms with Gasteiger partial charge in [0.05, 0.1) is 0 Å². The number of hydrogen-bond donors (Lipinski definition) is 0. The van der Waals surface area contributed by atoms with E-state index in [9.17, 15) is 8.78 Å². The predicted molar refractivity (Wildman–Crippen MR) is 60.4 cm³/mol. The van der Waals surface area contributed by atoms with Crippen LogP contribution in [-0.2, 0) is 0 Å². The highest BCUT2D eigenvalue weighted by Gasteiger charge is 2.26. The molecule has 0 radical (unpaired) electrons. The summed E-state index contributed by atoms with van der Waals surface area (Å²) in [6.45, 7) is 0. The van der Waals surface area contributed by atoms with Crippen LogP contribution in [-0.4, -0.2) is 0 Å². The van der Waals surface area contributed by atoms with Crippen molar-refractivity contribution in [3.63, 3.8) is 0 Å². The third kappa shape index (κ3) is 2.70. The van der Waals surface area contributed by atoms with Gasteiger partial charge in [-0.3, -0.25) is 0 Å². The molecular weight excluding hydrogens is 285 g/mol. The lowest BCUT2D eigenvalue weighted by atomic mass is 10.1. The lowest BCUT2D eigenvalue weighted by Crippen LogP contribution is -1.96.